The van der Waals surface area contributed by atoms with Crippen molar-refractivity contribution in [3.63, 3.8) is 0 Å². The van der Waals surface area contributed by atoms with Crippen molar-refractivity contribution in [3.8, 4) is 11.5 Å². The summed E-state index contributed by atoms with van der Waals surface area (Å²) in [6.45, 7) is 0.258. The van der Waals surface area contributed by atoms with Crippen LogP contribution in [0.3, 0.4) is 0 Å². The Bertz CT molecular complexity index is 880. The van der Waals surface area contributed by atoms with Crippen LogP contribution in [0.2, 0.25) is 0 Å². The van der Waals surface area contributed by atoms with Crippen LogP contribution < -0.4 is 9.47 Å². The molecular formula is C19H16INO4S. The summed E-state index contributed by atoms with van der Waals surface area (Å²) in [7, 11) is 3.13. The Morgan fingerprint density at radius 3 is 2.46 bits per heavy atom. The predicted octanol–water partition coefficient (Wildman–Crippen LogP) is 4.54. The van der Waals surface area contributed by atoms with Gasteiger partial charge in [-0.05, 0) is 76.3 Å². The van der Waals surface area contributed by atoms with Crippen molar-refractivity contribution in [2.75, 3.05) is 14.2 Å². The number of imide groups is 1. The third kappa shape index (κ3) is 4.04. The molecule has 0 aliphatic carbocycles. The zero-order valence-electron chi connectivity index (χ0n) is 14.2. The van der Waals surface area contributed by atoms with Crippen LogP contribution in [0.15, 0.2) is 47.4 Å². The average Bonchev–Trinajstić information content (AvgIpc) is 2.90. The molecule has 0 spiro atoms. The maximum atomic E-state index is 12.7. The molecule has 1 aliphatic heterocycles. The molecule has 0 N–H and O–H groups in total. The highest BCUT2D eigenvalue weighted by Gasteiger charge is 2.35. The lowest BCUT2D eigenvalue weighted by molar-refractivity contribution is -0.123. The van der Waals surface area contributed by atoms with Crippen LogP contribution in [0.4, 0.5) is 4.79 Å². The fourth-order valence-electron chi connectivity index (χ4n) is 2.50. The largest absolute Gasteiger partial charge is 0.497 e. The van der Waals surface area contributed by atoms with E-state index in [9.17, 15) is 9.59 Å². The summed E-state index contributed by atoms with van der Waals surface area (Å²) in [5.41, 5.74) is 1.60. The summed E-state index contributed by atoms with van der Waals surface area (Å²) in [6, 6.07) is 13.0. The van der Waals surface area contributed by atoms with Crippen molar-refractivity contribution in [3.05, 3.63) is 62.1 Å². The van der Waals surface area contributed by atoms with E-state index in [-0.39, 0.29) is 17.7 Å². The number of ether oxygens (including phenoxy) is 2. The van der Waals surface area contributed by atoms with E-state index in [4.69, 9.17) is 9.47 Å². The molecule has 2 aromatic carbocycles. The Morgan fingerprint density at radius 2 is 1.81 bits per heavy atom. The molecule has 3 rings (SSSR count). The lowest BCUT2D eigenvalue weighted by Gasteiger charge is -2.12. The van der Waals surface area contributed by atoms with Gasteiger partial charge < -0.3 is 9.47 Å². The standard InChI is InChI=1S/C19H16INO4S/c1-24-15-7-8-16(25-2)13(9-15)10-17-18(22)21(19(23)26-17)11-12-3-5-14(20)6-4-12/h3-10H,11H2,1-2H3/b17-10+. The topological polar surface area (TPSA) is 55.8 Å². The van der Waals surface area contributed by atoms with E-state index < -0.39 is 0 Å². The van der Waals surface area contributed by atoms with E-state index >= 15 is 0 Å². The minimum absolute atomic E-state index is 0.258. The first-order valence-corrected chi connectivity index (χ1v) is 9.63. The second-order valence-corrected chi connectivity index (χ2v) is 7.74. The van der Waals surface area contributed by atoms with Gasteiger partial charge in [-0.3, -0.25) is 14.5 Å². The van der Waals surface area contributed by atoms with Gasteiger partial charge in [0, 0.05) is 9.13 Å². The Kier molecular flexibility index (Phi) is 5.87. The first-order chi connectivity index (χ1) is 12.5. The van der Waals surface area contributed by atoms with Gasteiger partial charge in [0.15, 0.2) is 0 Å². The monoisotopic (exact) mass is 481 g/mol. The number of carbonyl (C=O) groups is 2. The summed E-state index contributed by atoms with van der Waals surface area (Å²) in [4.78, 5) is 26.6. The Balaban J connectivity index is 1.86. The lowest BCUT2D eigenvalue weighted by atomic mass is 10.1. The van der Waals surface area contributed by atoms with Gasteiger partial charge in [0.2, 0.25) is 0 Å². The second-order valence-electron chi connectivity index (χ2n) is 5.50. The Labute approximate surface area is 169 Å². The normalized spacial score (nSPS) is 15.7. The maximum Gasteiger partial charge on any atom is 0.293 e. The summed E-state index contributed by atoms with van der Waals surface area (Å²) in [5.74, 6) is 0.953. The molecule has 0 bridgehead atoms. The number of halogens is 1. The van der Waals surface area contributed by atoms with Crippen molar-refractivity contribution in [1.29, 1.82) is 0 Å². The van der Waals surface area contributed by atoms with Crippen LogP contribution >= 0.6 is 34.4 Å². The van der Waals surface area contributed by atoms with Gasteiger partial charge in [-0.25, -0.2) is 0 Å². The predicted molar refractivity (Wildman–Crippen MR) is 110 cm³/mol. The molecule has 5 nitrogen and oxygen atoms in total. The highest BCUT2D eigenvalue weighted by Crippen LogP contribution is 2.35. The first-order valence-electron chi connectivity index (χ1n) is 7.73. The first kappa shape index (κ1) is 18.8. The molecular weight excluding hydrogens is 465 g/mol. The van der Waals surface area contributed by atoms with Crippen LogP contribution in [-0.2, 0) is 11.3 Å². The maximum absolute atomic E-state index is 12.7. The van der Waals surface area contributed by atoms with Crippen molar-refractivity contribution >= 4 is 51.6 Å². The minimum Gasteiger partial charge on any atom is -0.497 e. The number of thioether (sulfide) groups is 1. The number of hydrogen-bond acceptors (Lipinski definition) is 5. The van der Waals surface area contributed by atoms with E-state index in [1.807, 2.05) is 24.3 Å². The highest BCUT2D eigenvalue weighted by atomic mass is 127. The van der Waals surface area contributed by atoms with Crippen LogP contribution in [-0.4, -0.2) is 30.3 Å². The summed E-state index contributed by atoms with van der Waals surface area (Å²) in [6.07, 6.45) is 1.67. The molecule has 0 atom stereocenters. The lowest BCUT2D eigenvalue weighted by Crippen LogP contribution is -2.27. The van der Waals surface area contributed by atoms with E-state index in [1.165, 1.54) is 4.90 Å². The van der Waals surface area contributed by atoms with Crippen LogP contribution in [0.1, 0.15) is 11.1 Å². The van der Waals surface area contributed by atoms with Crippen molar-refractivity contribution in [2.24, 2.45) is 0 Å². The molecule has 1 aliphatic rings. The van der Waals surface area contributed by atoms with Crippen LogP contribution in [0.5, 0.6) is 11.5 Å². The summed E-state index contributed by atoms with van der Waals surface area (Å²) in [5, 5.41) is -0.276. The average molecular weight is 481 g/mol. The van der Waals surface area contributed by atoms with Gasteiger partial charge in [-0.2, -0.15) is 0 Å². The quantitative estimate of drug-likeness (QED) is 0.464. The molecule has 2 amide bonds. The Hall–Kier alpha value is -2.00. The molecule has 0 aromatic heterocycles. The molecule has 134 valence electrons. The van der Waals surface area contributed by atoms with Gasteiger partial charge >= 0.3 is 0 Å². The number of amides is 2. The van der Waals surface area contributed by atoms with Gasteiger partial charge in [-0.1, -0.05) is 12.1 Å². The van der Waals surface area contributed by atoms with Crippen molar-refractivity contribution < 1.29 is 19.1 Å². The molecule has 0 unspecified atom stereocenters. The Morgan fingerprint density at radius 1 is 1.08 bits per heavy atom. The zero-order chi connectivity index (χ0) is 18.7. The van der Waals surface area contributed by atoms with Gasteiger partial charge in [-0.15, -0.1) is 0 Å². The van der Waals surface area contributed by atoms with Gasteiger partial charge in [0.05, 0.1) is 25.7 Å². The van der Waals surface area contributed by atoms with Crippen molar-refractivity contribution in [1.82, 2.24) is 4.90 Å². The van der Waals surface area contributed by atoms with E-state index in [2.05, 4.69) is 22.6 Å². The SMILES string of the molecule is COc1ccc(OC)c(/C=C2/SC(=O)N(Cc3ccc(I)cc3)C2=O)c1. The van der Waals surface area contributed by atoms with Gasteiger partial charge in [0.1, 0.15) is 11.5 Å². The molecule has 26 heavy (non-hydrogen) atoms. The number of benzene rings is 2. The third-order valence-corrected chi connectivity index (χ3v) is 5.48. The summed E-state index contributed by atoms with van der Waals surface area (Å²) < 4.78 is 11.7. The molecule has 1 fully saturated rings. The van der Waals surface area contributed by atoms with Gasteiger partial charge in [0.25, 0.3) is 11.1 Å². The van der Waals surface area contributed by atoms with E-state index in [0.29, 0.717) is 22.0 Å². The van der Waals surface area contributed by atoms with E-state index in [0.717, 1.165) is 20.9 Å². The second kappa shape index (κ2) is 8.13. The molecule has 7 heteroatoms. The molecule has 0 saturated carbocycles. The number of rotatable bonds is 5. The van der Waals surface area contributed by atoms with Crippen molar-refractivity contribution in [2.45, 2.75) is 6.54 Å². The van der Waals surface area contributed by atoms with Crippen LogP contribution in [0, 0.1) is 3.57 Å². The number of carbonyl (C=O) groups excluding carboxylic acids is 2. The third-order valence-electron chi connectivity index (χ3n) is 3.85. The van der Waals surface area contributed by atoms with Crippen LogP contribution in [0.25, 0.3) is 6.08 Å². The fourth-order valence-corrected chi connectivity index (χ4v) is 3.69. The molecule has 2 aromatic rings. The number of methoxy groups -OCH3 is 2. The number of hydrogen-bond donors (Lipinski definition) is 0. The molecule has 0 radical (unpaired) electrons. The zero-order valence-corrected chi connectivity index (χ0v) is 17.2. The minimum atomic E-state index is -0.302. The fraction of sp³-hybridized carbons (Fsp3) is 0.158. The summed E-state index contributed by atoms with van der Waals surface area (Å²) >= 11 is 3.15. The van der Waals surface area contributed by atoms with E-state index in [1.54, 1.807) is 38.5 Å². The number of nitrogens with zero attached hydrogens (tertiary/aromatic N) is 1. The highest BCUT2D eigenvalue weighted by molar-refractivity contribution is 14.1. The smallest absolute Gasteiger partial charge is 0.293 e. The molecule has 1 saturated heterocycles. The molecule has 1 heterocycles.